The van der Waals surface area contributed by atoms with Crippen molar-refractivity contribution in [2.75, 3.05) is 0 Å². The number of hydrogen-bond acceptors (Lipinski definition) is 0. The molecule has 0 amide bonds. The standard InChI is InChI=1S/C18H30.Na/c1-3-5-7-9-13-17-15-11-12-16-18(17)14-10-8-6-4-2;/h11-12,15-16H,3-10,13-14H2,1-2H3;. The average Bonchev–Trinajstić information content (AvgIpc) is 2.41. The van der Waals surface area contributed by atoms with Gasteiger partial charge in [0, 0.05) is 29.6 Å². The van der Waals surface area contributed by atoms with Crippen molar-refractivity contribution in [3.63, 3.8) is 0 Å². The van der Waals surface area contributed by atoms with Crippen molar-refractivity contribution >= 4 is 29.6 Å². The summed E-state index contributed by atoms with van der Waals surface area (Å²) in [5, 5.41) is 0. The molecular formula is C18H30Na. The summed E-state index contributed by atoms with van der Waals surface area (Å²) in [6, 6.07) is 9.07. The molecule has 0 heterocycles. The quantitative estimate of drug-likeness (QED) is 0.386. The van der Waals surface area contributed by atoms with Gasteiger partial charge in [0.1, 0.15) is 0 Å². The molecule has 1 aromatic carbocycles. The van der Waals surface area contributed by atoms with Gasteiger partial charge in [-0.2, -0.15) is 0 Å². The van der Waals surface area contributed by atoms with Gasteiger partial charge in [0.25, 0.3) is 0 Å². The monoisotopic (exact) mass is 269 g/mol. The average molecular weight is 269 g/mol. The van der Waals surface area contributed by atoms with Crippen LogP contribution in [0.1, 0.15) is 76.3 Å². The minimum Gasteiger partial charge on any atom is -0.0654 e. The van der Waals surface area contributed by atoms with Crippen molar-refractivity contribution in [2.45, 2.75) is 78.1 Å². The second kappa shape index (κ2) is 13.2. The van der Waals surface area contributed by atoms with Crippen LogP contribution in [-0.4, -0.2) is 29.6 Å². The third-order valence-corrected chi connectivity index (χ3v) is 3.72. The van der Waals surface area contributed by atoms with Crippen LogP contribution in [0.25, 0.3) is 0 Å². The Balaban J connectivity index is 0.00000324. The molecule has 0 spiro atoms. The maximum absolute atomic E-state index is 2.33. The van der Waals surface area contributed by atoms with E-state index in [0.29, 0.717) is 0 Å². The molecule has 0 aliphatic carbocycles. The first-order valence-corrected chi connectivity index (χ1v) is 7.95. The molecule has 0 unspecified atom stereocenters. The first-order valence-electron chi connectivity index (χ1n) is 7.95. The normalized spacial score (nSPS) is 10.2. The molecule has 0 saturated heterocycles. The fourth-order valence-corrected chi connectivity index (χ4v) is 2.53. The zero-order chi connectivity index (χ0) is 13.1. The Hall–Kier alpha value is 0.220. The predicted molar refractivity (Wildman–Crippen MR) is 87.9 cm³/mol. The van der Waals surface area contributed by atoms with Gasteiger partial charge in [-0.05, 0) is 36.8 Å². The second-order valence-electron chi connectivity index (χ2n) is 5.39. The van der Waals surface area contributed by atoms with Crippen LogP contribution >= 0.6 is 0 Å². The molecule has 0 nitrogen and oxygen atoms in total. The SMILES string of the molecule is CCCCCCc1ccccc1CCCCCC.[Na]. The minimum absolute atomic E-state index is 0. The molecule has 1 heteroatoms. The molecule has 1 aromatic rings. The van der Waals surface area contributed by atoms with E-state index in [1.807, 2.05) is 0 Å². The zero-order valence-electron chi connectivity index (χ0n) is 13.4. The first-order chi connectivity index (χ1) is 8.88. The van der Waals surface area contributed by atoms with Gasteiger partial charge in [-0.3, -0.25) is 0 Å². The summed E-state index contributed by atoms with van der Waals surface area (Å²) in [5.41, 5.74) is 3.20. The first kappa shape index (κ1) is 19.2. The van der Waals surface area contributed by atoms with Crippen LogP contribution in [0.4, 0.5) is 0 Å². The molecule has 103 valence electrons. The summed E-state index contributed by atoms with van der Waals surface area (Å²) in [7, 11) is 0. The van der Waals surface area contributed by atoms with Gasteiger partial charge in [0.2, 0.25) is 0 Å². The summed E-state index contributed by atoms with van der Waals surface area (Å²) < 4.78 is 0. The minimum atomic E-state index is 0. The van der Waals surface area contributed by atoms with Crippen LogP contribution in [-0.2, 0) is 12.8 Å². The van der Waals surface area contributed by atoms with E-state index in [0.717, 1.165) is 0 Å². The van der Waals surface area contributed by atoms with Crippen LogP contribution in [0.2, 0.25) is 0 Å². The number of benzene rings is 1. The van der Waals surface area contributed by atoms with Gasteiger partial charge in [-0.25, -0.2) is 0 Å². The Morgan fingerprint density at radius 1 is 0.632 bits per heavy atom. The smallest absolute Gasteiger partial charge is 0 e. The van der Waals surface area contributed by atoms with E-state index < -0.39 is 0 Å². The van der Waals surface area contributed by atoms with Crippen molar-refractivity contribution in [1.29, 1.82) is 0 Å². The maximum Gasteiger partial charge on any atom is 0 e. The van der Waals surface area contributed by atoms with Gasteiger partial charge < -0.3 is 0 Å². The van der Waals surface area contributed by atoms with Crippen LogP contribution in [0.5, 0.6) is 0 Å². The number of rotatable bonds is 10. The van der Waals surface area contributed by atoms with E-state index >= 15 is 0 Å². The Bertz CT molecular complexity index is 275. The molecule has 0 N–H and O–H groups in total. The Kier molecular flexibility index (Phi) is 13.4. The fraction of sp³-hybridized carbons (Fsp3) is 0.667. The topological polar surface area (TPSA) is 0 Å². The molecule has 0 fully saturated rings. The van der Waals surface area contributed by atoms with Crippen LogP contribution in [0.3, 0.4) is 0 Å². The molecule has 0 saturated carbocycles. The van der Waals surface area contributed by atoms with E-state index in [9.17, 15) is 0 Å². The second-order valence-corrected chi connectivity index (χ2v) is 5.39. The van der Waals surface area contributed by atoms with Crippen molar-refractivity contribution in [3.05, 3.63) is 35.4 Å². The van der Waals surface area contributed by atoms with Crippen molar-refractivity contribution in [2.24, 2.45) is 0 Å². The molecule has 0 aliphatic heterocycles. The van der Waals surface area contributed by atoms with Crippen molar-refractivity contribution in [1.82, 2.24) is 0 Å². The van der Waals surface area contributed by atoms with Gasteiger partial charge in [0.05, 0.1) is 0 Å². The molecule has 1 radical (unpaired) electrons. The van der Waals surface area contributed by atoms with Gasteiger partial charge in [-0.15, -0.1) is 0 Å². The third kappa shape index (κ3) is 8.89. The summed E-state index contributed by atoms with van der Waals surface area (Å²) in [5.74, 6) is 0. The number of aryl methyl sites for hydroxylation is 2. The summed E-state index contributed by atoms with van der Waals surface area (Å²) in [4.78, 5) is 0. The van der Waals surface area contributed by atoms with E-state index in [4.69, 9.17) is 0 Å². The van der Waals surface area contributed by atoms with E-state index in [1.165, 1.54) is 64.2 Å². The summed E-state index contributed by atoms with van der Waals surface area (Å²) >= 11 is 0. The van der Waals surface area contributed by atoms with Gasteiger partial charge in [-0.1, -0.05) is 76.6 Å². The van der Waals surface area contributed by atoms with E-state index in [-0.39, 0.29) is 29.6 Å². The molecule has 19 heavy (non-hydrogen) atoms. The third-order valence-electron chi connectivity index (χ3n) is 3.72. The number of unbranched alkanes of at least 4 members (excludes halogenated alkanes) is 6. The Morgan fingerprint density at radius 2 is 1.05 bits per heavy atom. The van der Waals surface area contributed by atoms with Crippen LogP contribution < -0.4 is 0 Å². The molecular weight excluding hydrogens is 239 g/mol. The largest absolute Gasteiger partial charge is 0.0654 e. The van der Waals surface area contributed by atoms with Crippen molar-refractivity contribution < 1.29 is 0 Å². The van der Waals surface area contributed by atoms with Crippen molar-refractivity contribution in [3.8, 4) is 0 Å². The predicted octanol–water partition coefficient (Wildman–Crippen LogP) is 5.55. The van der Waals surface area contributed by atoms with Crippen LogP contribution in [0, 0.1) is 0 Å². The molecule has 0 aromatic heterocycles. The van der Waals surface area contributed by atoms with E-state index in [1.54, 1.807) is 11.1 Å². The fourth-order valence-electron chi connectivity index (χ4n) is 2.53. The molecule has 0 aliphatic rings. The summed E-state index contributed by atoms with van der Waals surface area (Å²) in [6.07, 6.45) is 13.5. The zero-order valence-corrected chi connectivity index (χ0v) is 15.4. The molecule has 0 atom stereocenters. The molecule has 1 rings (SSSR count). The molecule has 0 bridgehead atoms. The summed E-state index contributed by atoms with van der Waals surface area (Å²) in [6.45, 7) is 4.56. The Labute approximate surface area is 142 Å². The number of hydrogen-bond donors (Lipinski definition) is 0. The van der Waals surface area contributed by atoms with E-state index in [2.05, 4.69) is 38.1 Å². The van der Waals surface area contributed by atoms with Gasteiger partial charge >= 0.3 is 0 Å². The Morgan fingerprint density at radius 3 is 1.42 bits per heavy atom. The maximum atomic E-state index is 2.33. The van der Waals surface area contributed by atoms with Crippen LogP contribution in [0.15, 0.2) is 24.3 Å². The van der Waals surface area contributed by atoms with Gasteiger partial charge in [0.15, 0.2) is 0 Å².